The number of esters is 1. The lowest BCUT2D eigenvalue weighted by Crippen LogP contribution is -2.49. The number of aromatic hydroxyl groups is 1. The maximum atomic E-state index is 13.0. The molecule has 0 amide bonds. The average Bonchev–Trinajstić information content (AvgIpc) is 3.01. The summed E-state index contributed by atoms with van der Waals surface area (Å²) in [4.78, 5) is 18.8. The maximum absolute atomic E-state index is 13.0. The molecule has 2 aliphatic heterocycles. The molecule has 2 aromatic rings. The topological polar surface area (TPSA) is 82.5 Å². The number of hydrogen-bond acceptors (Lipinski definition) is 8. The normalized spacial score (nSPS) is 23.1. The largest absolute Gasteiger partial charge is 0.508 e. The molecule has 2 heterocycles. The molecule has 34 heavy (non-hydrogen) atoms. The van der Waals surface area contributed by atoms with Gasteiger partial charge in [0, 0.05) is 36.8 Å². The second kappa shape index (κ2) is 10.9. The van der Waals surface area contributed by atoms with Gasteiger partial charge in [-0.05, 0) is 74.2 Å². The molecule has 1 fully saturated rings. The van der Waals surface area contributed by atoms with E-state index in [1.807, 2.05) is 30.3 Å². The molecule has 0 radical (unpaired) electrons. The molecule has 2 aliphatic rings. The van der Waals surface area contributed by atoms with E-state index in [0.717, 1.165) is 61.0 Å². The van der Waals surface area contributed by atoms with Crippen LogP contribution in [-0.2, 0) is 16.0 Å². The molecule has 0 spiro atoms. The number of thioether (sulfide) groups is 1. The number of nitrogens with zero attached hydrogens (tertiary/aromatic N) is 2. The van der Waals surface area contributed by atoms with Crippen LogP contribution in [0.1, 0.15) is 24.8 Å². The molecule has 4 rings (SSSR count). The van der Waals surface area contributed by atoms with Crippen molar-refractivity contribution in [2.24, 2.45) is 0 Å². The maximum Gasteiger partial charge on any atom is 0.324 e. The van der Waals surface area contributed by atoms with Crippen LogP contribution < -0.4 is 9.64 Å². The minimum atomic E-state index is -1.03. The molecule has 0 bridgehead atoms. The fourth-order valence-electron chi connectivity index (χ4n) is 4.88. The molecule has 2 aromatic carbocycles. The Balaban J connectivity index is 1.40. The van der Waals surface area contributed by atoms with Gasteiger partial charge in [0.1, 0.15) is 16.2 Å². The number of phenolic OH excluding ortho intramolecular Hbond substituents is 1. The fraction of sp³-hybridized carbons (Fsp3) is 0.500. The first-order valence-electron chi connectivity index (χ1n) is 11.8. The lowest BCUT2D eigenvalue weighted by molar-refractivity contribution is -0.147. The van der Waals surface area contributed by atoms with E-state index in [-0.39, 0.29) is 11.7 Å². The minimum Gasteiger partial charge on any atom is -0.508 e. The van der Waals surface area contributed by atoms with Crippen LogP contribution in [0.4, 0.5) is 5.69 Å². The highest BCUT2D eigenvalue weighted by atomic mass is 32.2. The summed E-state index contributed by atoms with van der Waals surface area (Å²) in [6.45, 7) is 4.55. The summed E-state index contributed by atoms with van der Waals surface area (Å²) >= 11 is 1.43. The van der Waals surface area contributed by atoms with Gasteiger partial charge in [-0.2, -0.15) is 0 Å². The first kappa shape index (κ1) is 24.7. The predicted molar refractivity (Wildman–Crippen MR) is 134 cm³/mol. The van der Waals surface area contributed by atoms with Crippen molar-refractivity contribution in [1.82, 2.24) is 4.90 Å². The van der Waals surface area contributed by atoms with E-state index in [1.165, 1.54) is 18.9 Å². The smallest absolute Gasteiger partial charge is 0.324 e. The number of carbonyl (C=O) groups is 1. The van der Waals surface area contributed by atoms with Gasteiger partial charge in [-0.15, -0.1) is 11.8 Å². The number of fused-ring (bicyclic) bond motifs is 1. The van der Waals surface area contributed by atoms with Crippen LogP contribution in [0.2, 0.25) is 0 Å². The molecule has 8 heteroatoms. The molecule has 7 nitrogen and oxygen atoms in total. The lowest BCUT2D eigenvalue weighted by atomic mass is 9.91. The zero-order valence-corrected chi connectivity index (χ0v) is 20.7. The molecule has 184 valence electrons. The SMILES string of the molecule is COC(=O)C1(CCCN2CCN(c3ccc(O)cc3)CC2)Sc2cc(OC)ccc2CCC1O. The molecule has 1 saturated heterocycles. The van der Waals surface area contributed by atoms with E-state index in [0.29, 0.717) is 19.3 Å². The van der Waals surface area contributed by atoms with E-state index < -0.39 is 10.9 Å². The predicted octanol–water partition coefficient (Wildman–Crippen LogP) is 3.31. The van der Waals surface area contributed by atoms with Crippen LogP contribution in [0.25, 0.3) is 0 Å². The molecule has 0 saturated carbocycles. The lowest BCUT2D eigenvalue weighted by Gasteiger charge is -2.37. The van der Waals surface area contributed by atoms with Crippen LogP contribution in [0.3, 0.4) is 0 Å². The Morgan fingerprint density at radius 1 is 1.12 bits per heavy atom. The van der Waals surface area contributed by atoms with Crippen molar-refractivity contribution in [1.29, 1.82) is 0 Å². The Hall–Kier alpha value is -2.42. The third-order valence-corrected chi connectivity index (χ3v) is 8.54. The Bertz CT molecular complexity index is 978. The third kappa shape index (κ3) is 5.29. The van der Waals surface area contributed by atoms with Crippen molar-refractivity contribution in [3.8, 4) is 11.5 Å². The summed E-state index contributed by atoms with van der Waals surface area (Å²) < 4.78 is 9.58. The number of ether oxygens (including phenoxy) is 2. The molecule has 2 unspecified atom stereocenters. The number of benzene rings is 2. The van der Waals surface area contributed by atoms with Crippen molar-refractivity contribution < 1.29 is 24.5 Å². The Labute approximate surface area is 205 Å². The monoisotopic (exact) mass is 486 g/mol. The zero-order chi connectivity index (χ0) is 24.1. The van der Waals surface area contributed by atoms with E-state index in [2.05, 4.69) is 9.80 Å². The van der Waals surface area contributed by atoms with Crippen molar-refractivity contribution in [2.75, 3.05) is 51.8 Å². The minimum absolute atomic E-state index is 0.279. The third-order valence-electron chi connectivity index (χ3n) is 6.93. The summed E-state index contributed by atoms with van der Waals surface area (Å²) in [5.41, 5.74) is 2.25. The number of aliphatic hydroxyl groups is 1. The van der Waals surface area contributed by atoms with E-state index in [9.17, 15) is 15.0 Å². The van der Waals surface area contributed by atoms with Crippen molar-refractivity contribution in [2.45, 2.75) is 41.4 Å². The number of anilines is 1. The van der Waals surface area contributed by atoms with Gasteiger partial charge in [-0.25, -0.2) is 0 Å². The van der Waals surface area contributed by atoms with Gasteiger partial charge in [0.25, 0.3) is 0 Å². The highest BCUT2D eigenvalue weighted by Gasteiger charge is 2.48. The standard InChI is InChI=1S/C26H34N2O5S/c1-32-22-10-4-19-5-11-24(30)26(25(31)33-2,34-23(19)18-22)12-3-13-27-14-16-28(17-15-27)20-6-8-21(29)9-7-20/h4,6-10,18,24,29-30H,3,5,11-17H2,1-2H3. The number of piperazine rings is 1. The number of aryl methyl sites for hydroxylation is 1. The number of phenols is 1. The second-order valence-corrected chi connectivity index (χ2v) is 10.3. The summed E-state index contributed by atoms with van der Waals surface area (Å²) in [6, 6.07) is 13.2. The summed E-state index contributed by atoms with van der Waals surface area (Å²) in [7, 11) is 3.03. The molecule has 2 atom stereocenters. The Morgan fingerprint density at radius 3 is 2.53 bits per heavy atom. The van der Waals surface area contributed by atoms with Crippen molar-refractivity contribution in [3.63, 3.8) is 0 Å². The van der Waals surface area contributed by atoms with Crippen molar-refractivity contribution in [3.05, 3.63) is 48.0 Å². The van der Waals surface area contributed by atoms with Gasteiger partial charge in [-0.3, -0.25) is 9.69 Å². The van der Waals surface area contributed by atoms with Gasteiger partial charge in [0.15, 0.2) is 0 Å². The summed E-state index contributed by atoms with van der Waals surface area (Å²) in [5.74, 6) is 0.660. The van der Waals surface area contributed by atoms with E-state index in [1.54, 1.807) is 19.2 Å². The van der Waals surface area contributed by atoms with Crippen LogP contribution in [0.15, 0.2) is 47.4 Å². The summed E-state index contributed by atoms with van der Waals surface area (Å²) in [5, 5.41) is 20.6. The fourth-order valence-corrected chi connectivity index (χ4v) is 6.42. The first-order valence-corrected chi connectivity index (χ1v) is 12.7. The average molecular weight is 487 g/mol. The van der Waals surface area contributed by atoms with Crippen LogP contribution in [0, 0.1) is 0 Å². The second-order valence-electron chi connectivity index (χ2n) is 8.96. The molecular weight excluding hydrogens is 452 g/mol. The molecule has 0 aliphatic carbocycles. The number of rotatable bonds is 7. The number of hydrogen-bond donors (Lipinski definition) is 2. The summed E-state index contributed by atoms with van der Waals surface area (Å²) in [6.07, 6.45) is 1.78. The van der Waals surface area contributed by atoms with Crippen LogP contribution in [-0.4, -0.2) is 78.9 Å². The zero-order valence-electron chi connectivity index (χ0n) is 19.9. The van der Waals surface area contributed by atoms with Gasteiger partial charge in [-0.1, -0.05) is 6.07 Å². The molecule has 2 N–H and O–H groups in total. The molecule has 0 aromatic heterocycles. The van der Waals surface area contributed by atoms with Crippen LogP contribution in [0.5, 0.6) is 11.5 Å². The molecular formula is C26H34N2O5S. The highest BCUT2D eigenvalue weighted by Crippen LogP contribution is 2.46. The Kier molecular flexibility index (Phi) is 7.91. The van der Waals surface area contributed by atoms with E-state index >= 15 is 0 Å². The van der Waals surface area contributed by atoms with Gasteiger partial charge in [0.05, 0.1) is 20.3 Å². The number of carbonyl (C=O) groups excluding carboxylic acids is 1. The quantitative estimate of drug-likeness (QED) is 0.577. The first-order chi connectivity index (χ1) is 16.4. The highest BCUT2D eigenvalue weighted by molar-refractivity contribution is 8.01. The van der Waals surface area contributed by atoms with Crippen LogP contribution >= 0.6 is 11.8 Å². The number of aliphatic hydroxyl groups excluding tert-OH is 1. The Morgan fingerprint density at radius 2 is 1.85 bits per heavy atom. The number of methoxy groups -OCH3 is 2. The van der Waals surface area contributed by atoms with Gasteiger partial charge >= 0.3 is 5.97 Å². The van der Waals surface area contributed by atoms with Crippen molar-refractivity contribution >= 4 is 23.4 Å². The van der Waals surface area contributed by atoms with Gasteiger partial charge < -0.3 is 24.6 Å². The van der Waals surface area contributed by atoms with E-state index in [4.69, 9.17) is 9.47 Å². The van der Waals surface area contributed by atoms with Gasteiger partial charge in [0.2, 0.25) is 0 Å².